The van der Waals surface area contributed by atoms with E-state index in [-0.39, 0.29) is 11.8 Å². The first-order valence-corrected chi connectivity index (χ1v) is 12.7. The number of amides is 1. The van der Waals surface area contributed by atoms with Crippen LogP contribution in [0, 0.1) is 12.7 Å². The minimum absolute atomic E-state index is 0.0150. The number of benzene rings is 2. The van der Waals surface area contributed by atoms with Crippen molar-refractivity contribution in [3.8, 4) is 11.1 Å². The predicted octanol–water partition coefficient (Wildman–Crippen LogP) is 6.75. The molecule has 0 radical (unpaired) electrons. The van der Waals surface area contributed by atoms with Gasteiger partial charge in [-0.1, -0.05) is 6.07 Å². The van der Waals surface area contributed by atoms with Crippen molar-refractivity contribution in [3.05, 3.63) is 76.7 Å². The van der Waals surface area contributed by atoms with Gasteiger partial charge >= 0.3 is 12.4 Å². The van der Waals surface area contributed by atoms with Crippen molar-refractivity contribution in [2.75, 3.05) is 29.9 Å². The van der Waals surface area contributed by atoms with Gasteiger partial charge in [0.05, 0.1) is 34.5 Å². The molecule has 1 aliphatic heterocycles. The fourth-order valence-corrected chi connectivity index (χ4v) is 4.94. The summed E-state index contributed by atoms with van der Waals surface area (Å²) in [5.41, 5.74) is -3.61. The lowest BCUT2D eigenvalue weighted by Crippen LogP contribution is -2.42. The molecular formula is C29H28F7N3O2. The van der Waals surface area contributed by atoms with Gasteiger partial charge in [0.15, 0.2) is 0 Å². The van der Waals surface area contributed by atoms with Crippen molar-refractivity contribution in [2.24, 2.45) is 0 Å². The van der Waals surface area contributed by atoms with Gasteiger partial charge in [-0.2, -0.15) is 26.3 Å². The summed E-state index contributed by atoms with van der Waals surface area (Å²) < 4.78 is 95.1. The molecular weight excluding hydrogens is 555 g/mol. The van der Waals surface area contributed by atoms with Crippen molar-refractivity contribution in [1.82, 2.24) is 4.98 Å². The second-order valence-electron chi connectivity index (χ2n) is 10.7. The molecule has 1 aliphatic rings. The number of pyridine rings is 1. The molecule has 0 bridgehead atoms. The summed E-state index contributed by atoms with van der Waals surface area (Å²) in [5, 5.41) is 9.97. The number of anilines is 2. The minimum atomic E-state index is -5.07. The van der Waals surface area contributed by atoms with Crippen molar-refractivity contribution >= 4 is 17.4 Å². The highest BCUT2D eigenvalue weighted by Crippen LogP contribution is 2.41. The third kappa shape index (κ3) is 6.17. The summed E-state index contributed by atoms with van der Waals surface area (Å²) in [7, 11) is 1.35. The SMILES string of the molecule is Cc1cc(F)ccc1-c1cc(N2CC[C@H](O)C2)ncc1N(C)C(=O)C(C)(C)c1cc(C(F)(F)F)cc(C(F)(F)F)c1. The summed E-state index contributed by atoms with van der Waals surface area (Å²) in [6.07, 6.45) is -8.79. The Kier molecular flexibility index (Phi) is 7.85. The van der Waals surface area contributed by atoms with Crippen molar-refractivity contribution < 1.29 is 40.6 Å². The van der Waals surface area contributed by atoms with Crippen LogP contribution in [0.1, 0.15) is 42.5 Å². The Morgan fingerprint density at radius 1 is 0.951 bits per heavy atom. The van der Waals surface area contributed by atoms with Gasteiger partial charge in [-0.05, 0) is 80.3 Å². The predicted molar refractivity (Wildman–Crippen MR) is 140 cm³/mol. The number of aliphatic hydroxyl groups excluding tert-OH is 1. The highest BCUT2D eigenvalue weighted by atomic mass is 19.4. The van der Waals surface area contributed by atoms with E-state index in [1.165, 1.54) is 45.3 Å². The number of β-amino-alcohol motifs (C(OH)–C–C–N with tert-alkyl or cyclic N) is 1. The van der Waals surface area contributed by atoms with Crippen LogP contribution in [0.15, 0.2) is 48.7 Å². The van der Waals surface area contributed by atoms with Gasteiger partial charge < -0.3 is 14.9 Å². The molecule has 1 saturated heterocycles. The summed E-state index contributed by atoms with van der Waals surface area (Å²) in [5.74, 6) is -0.797. The van der Waals surface area contributed by atoms with Crippen LogP contribution in [0.5, 0.6) is 0 Å². The molecule has 0 unspecified atom stereocenters. The molecule has 220 valence electrons. The zero-order valence-electron chi connectivity index (χ0n) is 22.7. The number of halogens is 7. The first-order valence-electron chi connectivity index (χ1n) is 12.7. The van der Waals surface area contributed by atoms with E-state index in [2.05, 4.69) is 4.98 Å². The van der Waals surface area contributed by atoms with Gasteiger partial charge in [-0.3, -0.25) is 4.79 Å². The molecule has 0 aliphatic carbocycles. The number of hydrogen-bond acceptors (Lipinski definition) is 4. The van der Waals surface area contributed by atoms with E-state index >= 15 is 0 Å². The fraction of sp³-hybridized carbons (Fsp3) is 0.379. The smallest absolute Gasteiger partial charge is 0.391 e. The summed E-state index contributed by atoms with van der Waals surface area (Å²) in [4.78, 5) is 21.2. The number of hydrogen-bond donors (Lipinski definition) is 1. The third-order valence-electron chi connectivity index (χ3n) is 7.34. The average Bonchev–Trinajstić information content (AvgIpc) is 3.32. The zero-order chi connectivity index (χ0) is 30.5. The van der Waals surface area contributed by atoms with E-state index in [9.17, 15) is 40.6 Å². The lowest BCUT2D eigenvalue weighted by atomic mass is 9.81. The van der Waals surface area contributed by atoms with Crippen LogP contribution in [-0.2, 0) is 22.6 Å². The topological polar surface area (TPSA) is 56.7 Å². The fourth-order valence-electron chi connectivity index (χ4n) is 4.94. The van der Waals surface area contributed by atoms with Gasteiger partial charge in [-0.15, -0.1) is 0 Å². The van der Waals surface area contributed by atoms with Crippen LogP contribution >= 0.6 is 0 Å². The number of carbonyl (C=O) groups excluding carboxylic acids is 1. The molecule has 41 heavy (non-hydrogen) atoms. The summed E-state index contributed by atoms with van der Waals surface area (Å²) in [6, 6.07) is 6.82. The first kappa shape index (κ1) is 30.3. The molecule has 4 rings (SSSR count). The second-order valence-corrected chi connectivity index (χ2v) is 10.7. The molecule has 1 atom stereocenters. The molecule has 2 heterocycles. The van der Waals surface area contributed by atoms with Crippen LogP contribution in [0.4, 0.5) is 42.2 Å². The Bertz CT molecular complexity index is 1440. The number of nitrogens with zero attached hydrogens (tertiary/aromatic N) is 3. The molecule has 1 amide bonds. The molecule has 0 spiro atoms. The minimum Gasteiger partial charge on any atom is -0.391 e. The van der Waals surface area contributed by atoms with E-state index in [0.29, 0.717) is 54.2 Å². The van der Waals surface area contributed by atoms with Crippen LogP contribution in [-0.4, -0.2) is 42.2 Å². The first-order chi connectivity index (χ1) is 18.9. The molecule has 3 aromatic rings. The molecule has 0 saturated carbocycles. The van der Waals surface area contributed by atoms with Gasteiger partial charge in [0.1, 0.15) is 11.6 Å². The molecule has 5 nitrogen and oxygen atoms in total. The van der Waals surface area contributed by atoms with Gasteiger partial charge in [0, 0.05) is 25.7 Å². The summed E-state index contributed by atoms with van der Waals surface area (Å²) >= 11 is 0. The van der Waals surface area contributed by atoms with Crippen molar-refractivity contribution in [3.63, 3.8) is 0 Å². The standard InChI is InChI=1S/C29H28F7N3O2/c1-16-9-20(30)5-6-22(16)23-13-25(39-8-7-21(40)15-39)37-14-24(23)38(4)26(41)27(2,3)17-10-18(28(31,32)33)12-19(11-17)29(34,35)36/h5-6,9-14,21,40H,7-8,15H2,1-4H3/t21-/m0/s1. The maximum absolute atomic E-state index is 13.9. The Labute approximate surface area is 232 Å². The summed E-state index contributed by atoms with van der Waals surface area (Å²) in [6.45, 7) is 5.01. The highest BCUT2D eigenvalue weighted by Gasteiger charge is 2.41. The van der Waals surface area contributed by atoms with E-state index in [1.54, 1.807) is 13.0 Å². The van der Waals surface area contributed by atoms with E-state index < -0.39 is 52.3 Å². The Hall–Kier alpha value is -3.67. The zero-order valence-corrected chi connectivity index (χ0v) is 22.7. The maximum Gasteiger partial charge on any atom is 0.416 e. The van der Waals surface area contributed by atoms with Crippen LogP contribution in [0.2, 0.25) is 0 Å². The van der Waals surface area contributed by atoms with Crippen LogP contribution < -0.4 is 9.80 Å². The number of rotatable bonds is 5. The van der Waals surface area contributed by atoms with Gasteiger partial charge in [0.2, 0.25) is 5.91 Å². The maximum atomic E-state index is 13.9. The molecule has 1 aromatic heterocycles. The Balaban J connectivity index is 1.82. The van der Waals surface area contributed by atoms with E-state index in [4.69, 9.17) is 0 Å². The second kappa shape index (κ2) is 10.6. The molecule has 12 heteroatoms. The average molecular weight is 584 g/mol. The number of aliphatic hydroxyl groups is 1. The lowest BCUT2D eigenvalue weighted by molar-refractivity contribution is -0.143. The number of aryl methyl sites for hydroxylation is 1. The largest absolute Gasteiger partial charge is 0.416 e. The number of aromatic nitrogens is 1. The van der Waals surface area contributed by atoms with E-state index in [0.717, 1.165) is 4.90 Å². The van der Waals surface area contributed by atoms with Crippen molar-refractivity contribution in [1.29, 1.82) is 0 Å². The highest BCUT2D eigenvalue weighted by molar-refractivity contribution is 6.03. The monoisotopic (exact) mass is 583 g/mol. The quantitative estimate of drug-likeness (QED) is 0.338. The van der Waals surface area contributed by atoms with Crippen LogP contribution in [0.3, 0.4) is 0 Å². The van der Waals surface area contributed by atoms with Crippen LogP contribution in [0.25, 0.3) is 11.1 Å². The van der Waals surface area contributed by atoms with Crippen molar-refractivity contribution in [2.45, 2.75) is 51.1 Å². The normalized spacial score (nSPS) is 16.3. The lowest BCUT2D eigenvalue weighted by Gasteiger charge is -2.32. The Morgan fingerprint density at radius 2 is 1.54 bits per heavy atom. The Morgan fingerprint density at radius 3 is 2.05 bits per heavy atom. The molecule has 2 aromatic carbocycles. The molecule has 1 fully saturated rings. The number of alkyl halides is 6. The van der Waals surface area contributed by atoms with E-state index in [1.807, 2.05) is 4.90 Å². The van der Waals surface area contributed by atoms with Gasteiger partial charge in [0.25, 0.3) is 0 Å². The molecule has 1 N–H and O–H groups in total. The van der Waals surface area contributed by atoms with Gasteiger partial charge in [-0.25, -0.2) is 9.37 Å². The number of carbonyl (C=O) groups is 1. The number of likely N-dealkylation sites (N-methyl/N-ethyl adjacent to an activating group) is 1. The third-order valence-corrected chi connectivity index (χ3v) is 7.34.